The summed E-state index contributed by atoms with van der Waals surface area (Å²) in [6.45, 7) is 3.19. The van der Waals surface area contributed by atoms with Crippen molar-refractivity contribution in [2.24, 2.45) is 0 Å². The predicted molar refractivity (Wildman–Crippen MR) is 105 cm³/mol. The van der Waals surface area contributed by atoms with Crippen LogP contribution in [0.1, 0.15) is 20.3 Å². The van der Waals surface area contributed by atoms with Gasteiger partial charge in [-0.05, 0) is 54.4 Å². The highest BCUT2D eigenvalue weighted by molar-refractivity contribution is 9.10. The second-order valence-corrected chi connectivity index (χ2v) is 9.70. The zero-order valence-electron chi connectivity index (χ0n) is 15.0. The predicted octanol–water partition coefficient (Wildman–Crippen LogP) is 2.45. The zero-order chi connectivity index (χ0) is 20.2. The molecular formula is C17H21BrClNO6S. The van der Waals surface area contributed by atoms with E-state index in [2.05, 4.69) is 15.9 Å². The van der Waals surface area contributed by atoms with Crippen LogP contribution in [0.25, 0.3) is 0 Å². The molecule has 2 unspecified atom stereocenters. The van der Waals surface area contributed by atoms with Crippen LogP contribution in [0.3, 0.4) is 0 Å². The Morgan fingerprint density at radius 2 is 2.11 bits per heavy atom. The van der Waals surface area contributed by atoms with Gasteiger partial charge in [0.2, 0.25) is 0 Å². The molecule has 1 aromatic carbocycles. The number of amides is 1. The molecule has 1 aliphatic heterocycles. The second kappa shape index (κ2) is 9.25. The topological polar surface area (TPSA) is 90.0 Å². The van der Waals surface area contributed by atoms with E-state index in [-0.39, 0.29) is 24.2 Å². The van der Waals surface area contributed by atoms with Gasteiger partial charge in [0.1, 0.15) is 5.75 Å². The molecule has 1 saturated heterocycles. The maximum atomic E-state index is 12.6. The molecule has 1 amide bonds. The van der Waals surface area contributed by atoms with Gasteiger partial charge in [-0.3, -0.25) is 4.79 Å². The lowest BCUT2D eigenvalue weighted by molar-refractivity contribution is -0.161. The molecule has 2 rings (SSSR count). The summed E-state index contributed by atoms with van der Waals surface area (Å²) in [7, 11) is -3.11. The fourth-order valence-electron chi connectivity index (χ4n) is 2.86. The lowest BCUT2D eigenvalue weighted by atomic mass is 10.2. The van der Waals surface area contributed by atoms with Crippen LogP contribution < -0.4 is 4.74 Å². The molecule has 1 aromatic rings. The Bertz CT molecular complexity index is 816. The molecule has 0 spiro atoms. The molecule has 0 N–H and O–H groups in total. The van der Waals surface area contributed by atoms with Gasteiger partial charge in [0.25, 0.3) is 5.91 Å². The average molecular weight is 483 g/mol. The monoisotopic (exact) mass is 481 g/mol. The smallest absolute Gasteiger partial charge is 0.344 e. The molecule has 0 saturated carbocycles. The number of nitrogens with zero attached hydrogens (tertiary/aromatic N) is 1. The number of carbonyl (C=O) groups excluding carboxylic acids is 2. The van der Waals surface area contributed by atoms with E-state index in [9.17, 15) is 18.0 Å². The molecule has 0 bridgehead atoms. The summed E-state index contributed by atoms with van der Waals surface area (Å²) in [6.07, 6.45) is -0.631. The number of carbonyl (C=O) groups is 2. The Labute approximate surface area is 172 Å². The molecule has 7 nitrogen and oxygen atoms in total. The van der Waals surface area contributed by atoms with Gasteiger partial charge in [-0.1, -0.05) is 11.6 Å². The number of ether oxygens (including phenoxy) is 2. The van der Waals surface area contributed by atoms with Gasteiger partial charge in [0.15, 0.2) is 22.5 Å². The van der Waals surface area contributed by atoms with Crippen LogP contribution in [0.2, 0.25) is 5.02 Å². The van der Waals surface area contributed by atoms with Crippen LogP contribution in [-0.4, -0.2) is 62.0 Å². The third-order valence-corrected chi connectivity index (χ3v) is 6.77. The van der Waals surface area contributed by atoms with Gasteiger partial charge >= 0.3 is 5.97 Å². The molecular weight excluding hydrogens is 462 g/mol. The van der Waals surface area contributed by atoms with Gasteiger partial charge in [-0.2, -0.15) is 0 Å². The van der Waals surface area contributed by atoms with Gasteiger partial charge in [0.05, 0.1) is 16.0 Å². The average Bonchev–Trinajstić information content (AvgIpc) is 2.94. The SMILES string of the molecule is CCN(C(=O)C(C)OC(=O)COc1ccc(Cl)cc1Br)C1CCS(=O)(=O)C1. The van der Waals surface area contributed by atoms with Crippen molar-refractivity contribution in [1.82, 2.24) is 4.90 Å². The Morgan fingerprint density at radius 1 is 1.41 bits per heavy atom. The van der Waals surface area contributed by atoms with Crippen LogP contribution in [0, 0.1) is 0 Å². The normalized spacial score (nSPS) is 19.3. The minimum Gasteiger partial charge on any atom is -0.481 e. The third kappa shape index (κ3) is 6.08. The van der Waals surface area contributed by atoms with Crippen LogP contribution in [0.5, 0.6) is 5.75 Å². The van der Waals surface area contributed by atoms with Gasteiger partial charge < -0.3 is 14.4 Å². The van der Waals surface area contributed by atoms with E-state index < -0.39 is 27.8 Å². The first-order chi connectivity index (χ1) is 12.6. The Kier molecular flexibility index (Phi) is 7.53. The Balaban J connectivity index is 1.89. The number of sulfone groups is 1. The van der Waals surface area contributed by atoms with Gasteiger partial charge in [-0.25, -0.2) is 13.2 Å². The minimum absolute atomic E-state index is 0.0546. The number of hydrogen-bond acceptors (Lipinski definition) is 6. The molecule has 1 fully saturated rings. The van der Waals surface area contributed by atoms with Crippen LogP contribution in [-0.2, 0) is 24.2 Å². The molecule has 27 heavy (non-hydrogen) atoms. The third-order valence-electron chi connectivity index (χ3n) is 4.17. The summed E-state index contributed by atoms with van der Waals surface area (Å²) < 4.78 is 34.4. The second-order valence-electron chi connectivity index (χ2n) is 6.18. The van der Waals surface area contributed by atoms with E-state index >= 15 is 0 Å². The van der Waals surface area contributed by atoms with Crippen LogP contribution >= 0.6 is 27.5 Å². The number of rotatable bonds is 7. The summed E-state index contributed by atoms with van der Waals surface area (Å²) in [5.74, 6) is -0.685. The lowest BCUT2D eigenvalue weighted by Crippen LogP contribution is -2.46. The van der Waals surface area contributed by atoms with E-state index in [1.807, 2.05) is 0 Å². The van der Waals surface area contributed by atoms with Crippen molar-refractivity contribution in [2.75, 3.05) is 24.7 Å². The highest BCUT2D eigenvalue weighted by Crippen LogP contribution is 2.28. The highest BCUT2D eigenvalue weighted by atomic mass is 79.9. The van der Waals surface area contributed by atoms with E-state index in [1.165, 1.54) is 11.8 Å². The minimum atomic E-state index is -3.11. The van der Waals surface area contributed by atoms with Gasteiger partial charge in [-0.15, -0.1) is 0 Å². The Hall–Kier alpha value is -1.32. The van der Waals surface area contributed by atoms with E-state index in [0.29, 0.717) is 28.2 Å². The van der Waals surface area contributed by atoms with Crippen molar-refractivity contribution in [3.05, 3.63) is 27.7 Å². The zero-order valence-corrected chi connectivity index (χ0v) is 18.1. The summed E-state index contributed by atoms with van der Waals surface area (Å²) in [5.41, 5.74) is 0. The molecule has 1 aliphatic rings. The van der Waals surface area contributed by atoms with Crippen molar-refractivity contribution in [3.63, 3.8) is 0 Å². The molecule has 0 aromatic heterocycles. The molecule has 10 heteroatoms. The number of hydrogen-bond donors (Lipinski definition) is 0. The van der Waals surface area contributed by atoms with Crippen molar-refractivity contribution in [1.29, 1.82) is 0 Å². The summed E-state index contributed by atoms with van der Waals surface area (Å²) in [6, 6.07) is 4.47. The molecule has 2 atom stereocenters. The maximum Gasteiger partial charge on any atom is 0.344 e. The first kappa shape index (κ1) is 22.0. The molecule has 0 aliphatic carbocycles. The summed E-state index contributed by atoms with van der Waals surface area (Å²) >= 11 is 9.12. The van der Waals surface area contributed by atoms with Crippen molar-refractivity contribution >= 4 is 49.2 Å². The van der Waals surface area contributed by atoms with Crippen LogP contribution in [0.4, 0.5) is 0 Å². The van der Waals surface area contributed by atoms with Crippen LogP contribution in [0.15, 0.2) is 22.7 Å². The molecule has 150 valence electrons. The fourth-order valence-corrected chi connectivity index (χ4v) is 5.39. The van der Waals surface area contributed by atoms with E-state index in [0.717, 1.165) is 0 Å². The number of halogens is 2. The quantitative estimate of drug-likeness (QED) is 0.555. The van der Waals surface area contributed by atoms with Crippen molar-refractivity contribution in [3.8, 4) is 5.75 Å². The fraction of sp³-hybridized carbons (Fsp3) is 0.529. The number of esters is 1. The maximum absolute atomic E-state index is 12.6. The first-order valence-electron chi connectivity index (χ1n) is 8.41. The van der Waals surface area contributed by atoms with Gasteiger partial charge in [0, 0.05) is 17.6 Å². The lowest BCUT2D eigenvalue weighted by Gasteiger charge is -2.29. The van der Waals surface area contributed by atoms with Crippen molar-refractivity contribution in [2.45, 2.75) is 32.4 Å². The van der Waals surface area contributed by atoms with Crippen molar-refractivity contribution < 1.29 is 27.5 Å². The summed E-state index contributed by atoms with van der Waals surface area (Å²) in [5, 5.41) is 0.518. The van der Waals surface area contributed by atoms with E-state index in [4.69, 9.17) is 21.1 Å². The Morgan fingerprint density at radius 3 is 2.67 bits per heavy atom. The number of likely N-dealkylation sites (N-methyl/N-ethyl adjacent to an activating group) is 1. The summed E-state index contributed by atoms with van der Waals surface area (Å²) in [4.78, 5) is 26.0. The standard InChI is InChI=1S/C17H21BrClNO6S/c1-3-20(13-6-7-27(23,24)10-13)17(22)11(2)26-16(21)9-25-15-5-4-12(19)8-14(15)18/h4-5,8,11,13H,3,6-7,9-10H2,1-2H3. The first-order valence-corrected chi connectivity index (χ1v) is 11.4. The highest BCUT2D eigenvalue weighted by Gasteiger charge is 2.36. The van der Waals surface area contributed by atoms with E-state index in [1.54, 1.807) is 25.1 Å². The molecule has 1 heterocycles. The molecule has 0 radical (unpaired) electrons. The largest absolute Gasteiger partial charge is 0.481 e. The number of benzene rings is 1.